The molecule has 0 heterocycles. The van der Waals surface area contributed by atoms with Crippen LogP contribution >= 0.6 is 11.6 Å². The van der Waals surface area contributed by atoms with Gasteiger partial charge in [-0.1, -0.05) is 66.6 Å². The second-order valence-electron chi connectivity index (χ2n) is 6.74. The summed E-state index contributed by atoms with van der Waals surface area (Å²) >= 11 is 6.21. The maximum absolute atomic E-state index is 13.0. The first-order valence-corrected chi connectivity index (χ1v) is 9.66. The highest BCUT2D eigenvalue weighted by Crippen LogP contribution is 2.18. The predicted octanol–water partition coefficient (Wildman–Crippen LogP) is 4.13. The molecule has 1 unspecified atom stereocenters. The van der Waals surface area contributed by atoms with Gasteiger partial charge in [-0.3, -0.25) is 9.59 Å². The van der Waals surface area contributed by atoms with Crippen LogP contribution in [0.4, 0.5) is 0 Å². The summed E-state index contributed by atoms with van der Waals surface area (Å²) in [6.07, 6.45) is 1.01. The molecule has 0 spiro atoms. The van der Waals surface area contributed by atoms with Gasteiger partial charge in [-0.15, -0.1) is 0 Å². The quantitative estimate of drug-likeness (QED) is 0.741. The van der Waals surface area contributed by atoms with E-state index < -0.39 is 6.04 Å². The molecule has 144 valence electrons. The normalized spacial score (nSPS) is 11.7. The molecule has 2 aromatic carbocycles. The Bertz CT molecular complexity index is 774. The van der Waals surface area contributed by atoms with Crippen LogP contribution in [0.2, 0.25) is 5.02 Å². The highest BCUT2D eigenvalue weighted by molar-refractivity contribution is 6.31. The van der Waals surface area contributed by atoms with E-state index in [1.54, 1.807) is 17.9 Å². The number of hydrogen-bond donors (Lipinski definition) is 1. The average Bonchev–Trinajstić information content (AvgIpc) is 2.66. The number of halogens is 1. The van der Waals surface area contributed by atoms with Crippen LogP contribution in [0.15, 0.2) is 48.5 Å². The highest BCUT2D eigenvalue weighted by Gasteiger charge is 2.26. The molecule has 2 amide bonds. The van der Waals surface area contributed by atoms with Gasteiger partial charge in [0.05, 0.1) is 6.42 Å². The molecule has 0 aliphatic rings. The Morgan fingerprint density at radius 3 is 2.41 bits per heavy atom. The minimum atomic E-state index is -0.562. The minimum absolute atomic E-state index is 0.122. The fraction of sp³-hybridized carbons (Fsp3) is 0.364. The lowest BCUT2D eigenvalue weighted by Gasteiger charge is -2.29. The molecular formula is C22H27ClN2O2. The predicted molar refractivity (Wildman–Crippen MR) is 110 cm³/mol. The summed E-state index contributed by atoms with van der Waals surface area (Å²) in [7, 11) is 0. The van der Waals surface area contributed by atoms with Crippen molar-refractivity contribution in [3.05, 3.63) is 70.2 Å². The lowest BCUT2D eigenvalue weighted by Crippen LogP contribution is -2.48. The fourth-order valence-corrected chi connectivity index (χ4v) is 2.98. The summed E-state index contributed by atoms with van der Waals surface area (Å²) in [5.74, 6) is -0.265. The SMILES string of the molecule is CCCNC(=O)C(C)N(Cc1ccc(C)cc1)C(=O)Cc1ccccc1Cl. The number of amides is 2. The third kappa shape index (κ3) is 6.10. The van der Waals surface area contributed by atoms with E-state index in [0.717, 1.165) is 23.1 Å². The van der Waals surface area contributed by atoms with Crippen molar-refractivity contribution in [2.45, 2.75) is 46.2 Å². The van der Waals surface area contributed by atoms with Crippen LogP contribution in [-0.4, -0.2) is 29.3 Å². The lowest BCUT2D eigenvalue weighted by molar-refractivity contribution is -0.140. The second kappa shape index (κ2) is 10.1. The Morgan fingerprint density at radius 1 is 1.11 bits per heavy atom. The van der Waals surface area contributed by atoms with Crippen LogP contribution < -0.4 is 5.32 Å². The van der Waals surface area contributed by atoms with Gasteiger partial charge in [0.25, 0.3) is 0 Å². The number of rotatable bonds is 8. The Morgan fingerprint density at radius 2 is 1.78 bits per heavy atom. The summed E-state index contributed by atoms with van der Waals surface area (Å²) in [5.41, 5.74) is 2.91. The molecule has 0 bridgehead atoms. The van der Waals surface area contributed by atoms with E-state index in [0.29, 0.717) is 18.1 Å². The maximum Gasteiger partial charge on any atom is 0.242 e. The standard InChI is InChI=1S/C22H27ClN2O2/c1-4-13-24-22(27)17(3)25(15-18-11-9-16(2)10-12-18)21(26)14-19-7-5-6-8-20(19)23/h5-12,17H,4,13-15H2,1-3H3,(H,24,27). The van der Waals surface area contributed by atoms with Crippen LogP contribution in [0, 0.1) is 6.92 Å². The van der Waals surface area contributed by atoms with Crippen molar-refractivity contribution < 1.29 is 9.59 Å². The number of hydrogen-bond acceptors (Lipinski definition) is 2. The average molecular weight is 387 g/mol. The molecule has 0 radical (unpaired) electrons. The molecule has 27 heavy (non-hydrogen) atoms. The largest absolute Gasteiger partial charge is 0.354 e. The summed E-state index contributed by atoms with van der Waals surface area (Å²) in [5, 5.41) is 3.44. The molecule has 0 fully saturated rings. The molecule has 0 saturated carbocycles. The smallest absolute Gasteiger partial charge is 0.242 e. The van der Waals surface area contributed by atoms with E-state index in [2.05, 4.69) is 5.32 Å². The third-order valence-electron chi connectivity index (χ3n) is 4.49. The van der Waals surface area contributed by atoms with Crippen molar-refractivity contribution in [1.82, 2.24) is 10.2 Å². The van der Waals surface area contributed by atoms with Crippen LogP contribution in [0.25, 0.3) is 0 Å². The van der Waals surface area contributed by atoms with Crippen molar-refractivity contribution in [1.29, 1.82) is 0 Å². The molecule has 0 aromatic heterocycles. The first-order chi connectivity index (χ1) is 12.9. The fourth-order valence-electron chi connectivity index (χ4n) is 2.77. The number of carbonyl (C=O) groups excluding carboxylic acids is 2. The van der Waals surface area contributed by atoms with Gasteiger partial charge < -0.3 is 10.2 Å². The van der Waals surface area contributed by atoms with Crippen molar-refractivity contribution >= 4 is 23.4 Å². The zero-order valence-corrected chi connectivity index (χ0v) is 16.9. The van der Waals surface area contributed by atoms with E-state index in [9.17, 15) is 9.59 Å². The topological polar surface area (TPSA) is 49.4 Å². The minimum Gasteiger partial charge on any atom is -0.354 e. The summed E-state index contributed by atoms with van der Waals surface area (Å²) < 4.78 is 0. The number of aryl methyl sites for hydroxylation is 1. The van der Waals surface area contributed by atoms with Crippen LogP contribution in [0.1, 0.15) is 37.0 Å². The van der Waals surface area contributed by atoms with Gasteiger partial charge in [0.2, 0.25) is 11.8 Å². The number of carbonyl (C=O) groups is 2. The number of nitrogens with zero attached hydrogens (tertiary/aromatic N) is 1. The third-order valence-corrected chi connectivity index (χ3v) is 4.86. The van der Waals surface area contributed by atoms with Crippen LogP contribution in [-0.2, 0) is 22.6 Å². The van der Waals surface area contributed by atoms with Crippen LogP contribution in [0.5, 0.6) is 0 Å². The highest BCUT2D eigenvalue weighted by atomic mass is 35.5. The zero-order chi connectivity index (χ0) is 19.8. The van der Waals surface area contributed by atoms with Crippen molar-refractivity contribution in [2.75, 3.05) is 6.54 Å². The molecular weight excluding hydrogens is 360 g/mol. The Hall–Kier alpha value is -2.33. The molecule has 2 rings (SSSR count). The molecule has 0 saturated heterocycles. The second-order valence-corrected chi connectivity index (χ2v) is 7.15. The van der Waals surface area contributed by atoms with Gasteiger partial charge in [-0.25, -0.2) is 0 Å². The van der Waals surface area contributed by atoms with Gasteiger partial charge in [-0.05, 0) is 37.5 Å². The first kappa shape index (κ1) is 21.0. The lowest BCUT2D eigenvalue weighted by atomic mass is 10.1. The van der Waals surface area contributed by atoms with Gasteiger partial charge in [0.1, 0.15) is 6.04 Å². The Balaban J connectivity index is 2.21. The van der Waals surface area contributed by atoms with Crippen molar-refractivity contribution in [2.24, 2.45) is 0 Å². The zero-order valence-electron chi connectivity index (χ0n) is 16.2. The van der Waals surface area contributed by atoms with E-state index in [1.807, 2.05) is 56.3 Å². The van der Waals surface area contributed by atoms with Gasteiger partial charge >= 0.3 is 0 Å². The van der Waals surface area contributed by atoms with Gasteiger partial charge in [0, 0.05) is 18.1 Å². The molecule has 1 N–H and O–H groups in total. The molecule has 2 aromatic rings. The summed E-state index contributed by atoms with van der Waals surface area (Å²) in [6.45, 7) is 6.76. The van der Waals surface area contributed by atoms with Crippen LogP contribution in [0.3, 0.4) is 0 Å². The molecule has 4 nitrogen and oxygen atoms in total. The van der Waals surface area contributed by atoms with Crippen molar-refractivity contribution in [3.63, 3.8) is 0 Å². The van der Waals surface area contributed by atoms with Gasteiger partial charge in [0.15, 0.2) is 0 Å². The first-order valence-electron chi connectivity index (χ1n) is 9.28. The molecule has 0 aliphatic carbocycles. The van der Waals surface area contributed by atoms with E-state index >= 15 is 0 Å². The van der Waals surface area contributed by atoms with E-state index in [1.165, 1.54) is 0 Å². The van der Waals surface area contributed by atoms with Gasteiger partial charge in [-0.2, -0.15) is 0 Å². The molecule has 0 aliphatic heterocycles. The number of benzene rings is 2. The van der Waals surface area contributed by atoms with Crippen molar-refractivity contribution in [3.8, 4) is 0 Å². The number of nitrogens with one attached hydrogen (secondary N) is 1. The monoisotopic (exact) mass is 386 g/mol. The maximum atomic E-state index is 13.0. The Labute approximate surface area is 166 Å². The van der Waals surface area contributed by atoms with E-state index in [4.69, 9.17) is 11.6 Å². The summed E-state index contributed by atoms with van der Waals surface area (Å²) in [6, 6.07) is 14.7. The van der Waals surface area contributed by atoms with E-state index in [-0.39, 0.29) is 18.2 Å². The molecule has 5 heteroatoms. The summed E-state index contributed by atoms with van der Waals surface area (Å²) in [4.78, 5) is 27.1. The molecule has 1 atom stereocenters. The Kier molecular flexibility index (Phi) is 7.86.